The van der Waals surface area contributed by atoms with Crippen molar-refractivity contribution in [3.05, 3.63) is 34.4 Å². The molecule has 1 fully saturated rings. The van der Waals surface area contributed by atoms with Gasteiger partial charge in [-0.1, -0.05) is 17.7 Å². The van der Waals surface area contributed by atoms with Gasteiger partial charge in [0, 0.05) is 25.7 Å². The first kappa shape index (κ1) is 13.5. The Balaban J connectivity index is 0.00000128. The SMILES string of the molecule is Cc1cc(C)c([C@H]2CNCCN2)c(C)c1.Cl. The number of hydrogen-bond donors (Lipinski definition) is 2. The van der Waals surface area contributed by atoms with Crippen LogP contribution in [0.4, 0.5) is 0 Å². The van der Waals surface area contributed by atoms with Gasteiger partial charge in [-0.3, -0.25) is 0 Å². The Hall–Kier alpha value is -0.570. The van der Waals surface area contributed by atoms with Crippen LogP contribution in [0.1, 0.15) is 28.3 Å². The van der Waals surface area contributed by atoms with Crippen molar-refractivity contribution in [2.75, 3.05) is 19.6 Å². The predicted molar refractivity (Wildman–Crippen MR) is 71.5 cm³/mol. The van der Waals surface area contributed by atoms with Gasteiger partial charge in [-0.15, -0.1) is 12.4 Å². The summed E-state index contributed by atoms with van der Waals surface area (Å²) in [6, 6.07) is 5.04. The van der Waals surface area contributed by atoms with Crippen LogP contribution in [0, 0.1) is 20.8 Å². The van der Waals surface area contributed by atoms with E-state index in [1.165, 1.54) is 22.3 Å². The average Bonchev–Trinajstić information content (AvgIpc) is 2.17. The first-order chi connectivity index (χ1) is 7.18. The molecule has 0 radical (unpaired) electrons. The third-order valence-electron chi connectivity index (χ3n) is 3.13. The van der Waals surface area contributed by atoms with E-state index in [4.69, 9.17) is 0 Å². The van der Waals surface area contributed by atoms with Crippen LogP contribution in [0.25, 0.3) is 0 Å². The summed E-state index contributed by atoms with van der Waals surface area (Å²) in [4.78, 5) is 0. The fraction of sp³-hybridized carbons (Fsp3) is 0.538. The summed E-state index contributed by atoms with van der Waals surface area (Å²) in [5.41, 5.74) is 5.66. The van der Waals surface area contributed by atoms with E-state index in [0.717, 1.165) is 19.6 Å². The van der Waals surface area contributed by atoms with Gasteiger partial charge in [0.1, 0.15) is 0 Å². The molecule has 1 heterocycles. The summed E-state index contributed by atoms with van der Waals surface area (Å²) in [7, 11) is 0. The van der Waals surface area contributed by atoms with Crippen LogP contribution in [0.5, 0.6) is 0 Å². The molecule has 3 heteroatoms. The third kappa shape index (κ3) is 2.76. The lowest BCUT2D eigenvalue weighted by Gasteiger charge is -2.27. The second-order valence-electron chi connectivity index (χ2n) is 4.52. The van der Waals surface area contributed by atoms with E-state index in [0.29, 0.717) is 6.04 Å². The summed E-state index contributed by atoms with van der Waals surface area (Å²) in [5.74, 6) is 0. The van der Waals surface area contributed by atoms with Crippen LogP contribution in [-0.4, -0.2) is 19.6 Å². The van der Waals surface area contributed by atoms with Gasteiger partial charge in [0.05, 0.1) is 0 Å². The van der Waals surface area contributed by atoms with Gasteiger partial charge in [0.15, 0.2) is 0 Å². The number of aryl methyl sites for hydroxylation is 3. The maximum Gasteiger partial charge on any atom is 0.0452 e. The summed E-state index contributed by atoms with van der Waals surface area (Å²) in [5, 5.41) is 7.01. The number of benzene rings is 1. The van der Waals surface area contributed by atoms with E-state index in [1.807, 2.05) is 0 Å². The molecule has 0 aromatic heterocycles. The fourth-order valence-corrected chi connectivity index (χ4v) is 2.60. The summed E-state index contributed by atoms with van der Waals surface area (Å²) < 4.78 is 0. The van der Waals surface area contributed by atoms with Gasteiger partial charge in [-0.25, -0.2) is 0 Å². The van der Waals surface area contributed by atoms with Crippen LogP contribution in [-0.2, 0) is 0 Å². The average molecular weight is 241 g/mol. The Kier molecular flexibility index (Phi) is 4.78. The molecule has 1 aromatic carbocycles. The normalized spacial score (nSPS) is 20.3. The van der Waals surface area contributed by atoms with Crippen molar-refractivity contribution in [1.29, 1.82) is 0 Å². The van der Waals surface area contributed by atoms with Crippen molar-refractivity contribution in [3.8, 4) is 0 Å². The molecule has 2 N–H and O–H groups in total. The minimum absolute atomic E-state index is 0. The molecular formula is C13H21ClN2. The van der Waals surface area contributed by atoms with E-state index in [-0.39, 0.29) is 12.4 Å². The summed E-state index contributed by atoms with van der Waals surface area (Å²) in [6.07, 6.45) is 0. The van der Waals surface area contributed by atoms with E-state index < -0.39 is 0 Å². The van der Waals surface area contributed by atoms with Gasteiger partial charge >= 0.3 is 0 Å². The number of hydrogen-bond acceptors (Lipinski definition) is 2. The number of nitrogens with one attached hydrogen (secondary N) is 2. The molecule has 1 aliphatic rings. The van der Waals surface area contributed by atoms with Gasteiger partial charge in [0.25, 0.3) is 0 Å². The Morgan fingerprint density at radius 2 is 1.69 bits per heavy atom. The van der Waals surface area contributed by atoms with Crippen LogP contribution >= 0.6 is 12.4 Å². The highest BCUT2D eigenvalue weighted by molar-refractivity contribution is 5.85. The lowest BCUT2D eigenvalue weighted by Crippen LogP contribution is -2.43. The van der Waals surface area contributed by atoms with Crippen molar-refractivity contribution in [3.63, 3.8) is 0 Å². The highest BCUT2D eigenvalue weighted by atomic mass is 35.5. The van der Waals surface area contributed by atoms with Gasteiger partial charge in [-0.2, -0.15) is 0 Å². The highest BCUT2D eigenvalue weighted by Crippen LogP contribution is 2.23. The van der Waals surface area contributed by atoms with Crippen LogP contribution in [0.15, 0.2) is 12.1 Å². The van der Waals surface area contributed by atoms with E-state index in [2.05, 4.69) is 43.5 Å². The highest BCUT2D eigenvalue weighted by Gasteiger charge is 2.17. The first-order valence-corrected chi connectivity index (χ1v) is 5.70. The maximum atomic E-state index is 3.57. The van der Waals surface area contributed by atoms with E-state index >= 15 is 0 Å². The topological polar surface area (TPSA) is 24.1 Å². The number of piperazine rings is 1. The molecule has 0 bridgehead atoms. The minimum Gasteiger partial charge on any atom is -0.314 e. The Bertz CT molecular complexity index is 334. The molecule has 1 aliphatic heterocycles. The monoisotopic (exact) mass is 240 g/mol. The van der Waals surface area contributed by atoms with Gasteiger partial charge in [-0.05, 0) is 37.5 Å². The standard InChI is InChI=1S/C13H20N2.ClH/c1-9-6-10(2)13(11(3)7-9)12-8-14-4-5-15-12;/h6-7,12,14-15H,4-5,8H2,1-3H3;1H/t12-;/m1./s1. The van der Waals surface area contributed by atoms with Crippen molar-refractivity contribution in [1.82, 2.24) is 10.6 Å². The van der Waals surface area contributed by atoms with Crippen LogP contribution in [0.2, 0.25) is 0 Å². The molecule has 0 unspecified atom stereocenters. The maximum absolute atomic E-state index is 3.57. The molecule has 1 aromatic rings. The number of halogens is 1. The molecule has 1 saturated heterocycles. The van der Waals surface area contributed by atoms with Crippen molar-refractivity contribution in [2.45, 2.75) is 26.8 Å². The van der Waals surface area contributed by atoms with E-state index in [1.54, 1.807) is 0 Å². The van der Waals surface area contributed by atoms with Gasteiger partial charge in [0.2, 0.25) is 0 Å². The molecule has 0 amide bonds. The summed E-state index contributed by atoms with van der Waals surface area (Å²) >= 11 is 0. The van der Waals surface area contributed by atoms with Crippen molar-refractivity contribution in [2.24, 2.45) is 0 Å². The Labute approximate surface area is 104 Å². The molecular weight excluding hydrogens is 220 g/mol. The zero-order valence-corrected chi connectivity index (χ0v) is 11.1. The fourth-order valence-electron chi connectivity index (χ4n) is 2.60. The minimum atomic E-state index is 0. The van der Waals surface area contributed by atoms with Crippen LogP contribution < -0.4 is 10.6 Å². The lowest BCUT2D eigenvalue weighted by atomic mass is 9.93. The molecule has 0 spiro atoms. The molecule has 2 rings (SSSR count). The Morgan fingerprint density at radius 3 is 2.19 bits per heavy atom. The molecule has 0 aliphatic carbocycles. The third-order valence-corrected chi connectivity index (χ3v) is 3.13. The smallest absolute Gasteiger partial charge is 0.0452 e. The molecule has 0 saturated carbocycles. The molecule has 16 heavy (non-hydrogen) atoms. The van der Waals surface area contributed by atoms with Crippen LogP contribution in [0.3, 0.4) is 0 Å². The quantitative estimate of drug-likeness (QED) is 0.787. The van der Waals surface area contributed by atoms with Gasteiger partial charge < -0.3 is 10.6 Å². The molecule has 2 nitrogen and oxygen atoms in total. The largest absolute Gasteiger partial charge is 0.314 e. The molecule has 90 valence electrons. The lowest BCUT2D eigenvalue weighted by molar-refractivity contribution is 0.427. The predicted octanol–water partition coefficient (Wildman–Crippen LogP) is 2.27. The zero-order valence-electron chi connectivity index (χ0n) is 10.3. The number of rotatable bonds is 1. The summed E-state index contributed by atoms with van der Waals surface area (Å²) in [6.45, 7) is 9.79. The van der Waals surface area contributed by atoms with Crippen molar-refractivity contribution >= 4 is 12.4 Å². The first-order valence-electron chi connectivity index (χ1n) is 5.70. The van der Waals surface area contributed by atoms with Crippen molar-refractivity contribution < 1.29 is 0 Å². The second-order valence-corrected chi connectivity index (χ2v) is 4.52. The second kappa shape index (κ2) is 5.67. The van der Waals surface area contributed by atoms with E-state index in [9.17, 15) is 0 Å². The molecule has 1 atom stereocenters. The zero-order chi connectivity index (χ0) is 10.8. The Morgan fingerprint density at radius 1 is 1.06 bits per heavy atom.